The molecule has 0 atom stereocenters. The molecule has 3 aromatic rings. The third-order valence-corrected chi connectivity index (χ3v) is 6.81. The van der Waals surface area contributed by atoms with Crippen molar-refractivity contribution in [1.29, 1.82) is 0 Å². The Morgan fingerprint density at radius 1 is 0.811 bits per heavy atom. The molecule has 0 saturated heterocycles. The molecule has 6 nitrogen and oxygen atoms in total. The minimum Gasteiger partial charge on any atom is -0.456 e. The van der Waals surface area contributed by atoms with Gasteiger partial charge in [0.2, 0.25) is 0 Å². The van der Waals surface area contributed by atoms with E-state index in [1.54, 1.807) is 38.1 Å². The van der Waals surface area contributed by atoms with Gasteiger partial charge in [-0.1, -0.05) is 49.6 Å². The molecule has 0 aromatic heterocycles. The molecule has 0 amide bonds. The van der Waals surface area contributed by atoms with Crippen molar-refractivity contribution in [2.45, 2.75) is 38.5 Å². The molecule has 1 aliphatic carbocycles. The second-order valence-corrected chi connectivity index (χ2v) is 9.49. The third kappa shape index (κ3) is 4.14. The Hall–Kier alpha value is -4.45. The SMILES string of the molecule is C=C(C)C(=O)Oc1ccc2c(c1)Oc1cc(OC(=O)C(=C)C)ccc1C21CCCC(=O)c2ccccc21. The lowest BCUT2D eigenvalue weighted by Crippen LogP contribution is -2.33. The molecule has 6 heteroatoms. The molecular formula is C31H26O6. The second kappa shape index (κ2) is 9.21. The quantitative estimate of drug-likeness (QED) is 0.235. The highest BCUT2D eigenvalue weighted by Crippen LogP contribution is 2.57. The van der Waals surface area contributed by atoms with Crippen LogP contribution in [0.3, 0.4) is 0 Å². The molecule has 37 heavy (non-hydrogen) atoms. The number of esters is 2. The molecule has 186 valence electrons. The zero-order valence-corrected chi connectivity index (χ0v) is 20.8. The predicted octanol–water partition coefficient (Wildman–Crippen LogP) is 6.46. The predicted molar refractivity (Wildman–Crippen MR) is 138 cm³/mol. The summed E-state index contributed by atoms with van der Waals surface area (Å²) in [5.74, 6) is 0.636. The number of fused-ring (bicyclic) bond motifs is 6. The first-order valence-electron chi connectivity index (χ1n) is 12.1. The van der Waals surface area contributed by atoms with Gasteiger partial charge in [0, 0.05) is 46.4 Å². The van der Waals surface area contributed by atoms with Crippen LogP contribution in [0.25, 0.3) is 0 Å². The number of carbonyl (C=O) groups is 3. The van der Waals surface area contributed by atoms with Gasteiger partial charge >= 0.3 is 11.9 Å². The van der Waals surface area contributed by atoms with E-state index in [0.717, 1.165) is 16.7 Å². The van der Waals surface area contributed by atoms with E-state index in [1.165, 1.54) is 0 Å². The lowest BCUT2D eigenvalue weighted by Gasteiger charge is -2.41. The van der Waals surface area contributed by atoms with Gasteiger partial charge in [0.05, 0.1) is 5.41 Å². The molecule has 1 spiro atoms. The first-order valence-corrected chi connectivity index (χ1v) is 12.1. The Kier molecular flexibility index (Phi) is 6.04. The molecule has 0 radical (unpaired) electrons. The fourth-order valence-corrected chi connectivity index (χ4v) is 5.10. The van der Waals surface area contributed by atoms with Gasteiger partial charge in [-0.25, -0.2) is 9.59 Å². The van der Waals surface area contributed by atoms with Crippen molar-refractivity contribution in [3.63, 3.8) is 0 Å². The van der Waals surface area contributed by atoms with Gasteiger partial charge in [-0.3, -0.25) is 4.79 Å². The smallest absolute Gasteiger partial charge is 0.338 e. The number of Topliss-reactive ketones (excluding diaryl/α,β-unsaturated/α-hetero) is 1. The van der Waals surface area contributed by atoms with Crippen LogP contribution in [0.1, 0.15) is 60.2 Å². The maximum absolute atomic E-state index is 13.1. The van der Waals surface area contributed by atoms with Gasteiger partial charge in [-0.2, -0.15) is 0 Å². The van der Waals surface area contributed by atoms with E-state index < -0.39 is 17.4 Å². The summed E-state index contributed by atoms with van der Waals surface area (Å²) in [4.78, 5) is 37.4. The fourth-order valence-electron chi connectivity index (χ4n) is 5.10. The minimum absolute atomic E-state index is 0.0982. The summed E-state index contributed by atoms with van der Waals surface area (Å²) < 4.78 is 17.3. The summed E-state index contributed by atoms with van der Waals surface area (Å²) in [6.07, 6.45) is 1.77. The molecule has 0 unspecified atom stereocenters. The number of ketones is 1. The normalized spacial score (nSPS) is 14.8. The average molecular weight is 495 g/mol. The van der Waals surface area contributed by atoms with Crippen molar-refractivity contribution < 1.29 is 28.6 Å². The Bertz CT molecular complexity index is 1420. The number of benzene rings is 3. The Morgan fingerprint density at radius 2 is 1.35 bits per heavy atom. The van der Waals surface area contributed by atoms with Crippen molar-refractivity contribution in [3.8, 4) is 23.0 Å². The fraction of sp³-hybridized carbons (Fsp3) is 0.194. The van der Waals surface area contributed by atoms with Crippen LogP contribution in [0.2, 0.25) is 0 Å². The molecule has 0 fully saturated rings. The molecule has 0 saturated carbocycles. The van der Waals surface area contributed by atoms with E-state index in [0.29, 0.717) is 47.8 Å². The van der Waals surface area contributed by atoms with Crippen LogP contribution in [0.5, 0.6) is 23.0 Å². The van der Waals surface area contributed by atoms with E-state index in [1.807, 2.05) is 36.4 Å². The van der Waals surface area contributed by atoms with Crippen molar-refractivity contribution in [2.24, 2.45) is 0 Å². The summed E-state index contributed by atoms with van der Waals surface area (Å²) >= 11 is 0. The van der Waals surface area contributed by atoms with Crippen molar-refractivity contribution in [3.05, 3.63) is 107 Å². The third-order valence-electron chi connectivity index (χ3n) is 6.81. The van der Waals surface area contributed by atoms with E-state index in [-0.39, 0.29) is 16.9 Å². The lowest BCUT2D eigenvalue weighted by molar-refractivity contribution is -0.130. The van der Waals surface area contributed by atoms with Gasteiger partial charge in [0.1, 0.15) is 23.0 Å². The van der Waals surface area contributed by atoms with E-state index in [9.17, 15) is 14.4 Å². The molecular weight excluding hydrogens is 468 g/mol. The number of hydrogen-bond donors (Lipinski definition) is 0. The standard InChI is InChI=1S/C31H26O6/c1-18(2)29(33)35-20-11-13-24-27(16-20)37-28-17-21(36-30(34)19(3)4)12-14-25(28)31(24)15-7-10-26(32)22-8-5-6-9-23(22)31/h5-6,8-9,11-14,16-17H,1,3,7,10,15H2,2,4H3. The Morgan fingerprint density at radius 3 is 1.89 bits per heavy atom. The van der Waals surface area contributed by atoms with Crippen LogP contribution in [0.4, 0.5) is 0 Å². The highest BCUT2D eigenvalue weighted by atomic mass is 16.5. The monoisotopic (exact) mass is 494 g/mol. The van der Waals surface area contributed by atoms with Gasteiger partial charge in [0.25, 0.3) is 0 Å². The molecule has 1 aliphatic heterocycles. The molecule has 5 rings (SSSR count). The second-order valence-electron chi connectivity index (χ2n) is 9.49. The van der Waals surface area contributed by atoms with Crippen molar-refractivity contribution >= 4 is 17.7 Å². The molecule has 0 N–H and O–H groups in total. The summed E-state index contributed by atoms with van der Waals surface area (Å²) in [5.41, 5.74) is 3.16. The van der Waals surface area contributed by atoms with Gasteiger partial charge < -0.3 is 14.2 Å². The van der Waals surface area contributed by atoms with Gasteiger partial charge in [-0.15, -0.1) is 0 Å². The first kappa shape index (κ1) is 24.3. The maximum Gasteiger partial charge on any atom is 0.338 e. The molecule has 1 heterocycles. The van der Waals surface area contributed by atoms with Crippen LogP contribution in [-0.4, -0.2) is 17.7 Å². The molecule has 0 bridgehead atoms. The first-order chi connectivity index (χ1) is 17.7. The highest BCUT2D eigenvalue weighted by molar-refractivity contribution is 5.99. The van der Waals surface area contributed by atoms with Crippen LogP contribution >= 0.6 is 0 Å². The number of carbonyl (C=O) groups excluding carboxylic acids is 3. The summed E-state index contributed by atoms with van der Waals surface area (Å²) in [6, 6.07) is 18.2. The lowest BCUT2D eigenvalue weighted by atomic mass is 9.65. The van der Waals surface area contributed by atoms with Crippen LogP contribution in [-0.2, 0) is 15.0 Å². The van der Waals surface area contributed by atoms with Crippen molar-refractivity contribution in [2.75, 3.05) is 0 Å². The topological polar surface area (TPSA) is 78.9 Å². The molecule has 3 aromatic carbocycles. The maximum atomic E-state index is 13.1. The van der Waals surface area contributed by atoms with E-state index in [2.05, 4.69) is 13.2 Å². The van der Waals surface area contributed by atoms with Gasteiger partial charge in [-0.05, 0) is 44.4 Å². The van der Waals surface area contributed by atoms with Gasteiger partial charge in [0.15, 0.2) is 5.78 Å². The Labute approximate surface area is 215 Å². The van der Waals surface area contributed by atoms with Crippen LogP contribution in [0, 0.1) is 0 Å². The largest absolute Gasteiger partial charge is 0.456 e. The van der Waals surface area contributed by atoms with Crippen LogP contribution in [0.15, 0.2) is 85.0 Å². The number of rotatable bonds is 4. The number of hydrogen-bond acceptors (Lipinski definition) is 6. The average Bonchev–Trinajstić information content (AvgIpc) is 3.01. The minimum atomic E-state index is -0.695. The van der Waals surface area contributed by atoms with Crippen LogP contribution < -0.4 is 14.2 Å². The zero-order chi connectivity index (χ0) is 26.3. The highest BCUT2D eigenvalue weighted by Gasteiger charge is 2.46. The molecule has 2 aliphatic rings. The summed E-state index contributed by atoms with van der Waals surface area (Å²) in [6.45, 7) is 10.4. The van der Waals surface area contributed by atoms with E-state index in [4.69, 9.17) is 14.2 Å². The summed E-state index contributed by atoms with van der Waals surface area (Å²) in [5, 5.41) is 0. The summed E-state index contributed by atoms with van der Waals surface area (Å²) in [7, 11) is 0. The number of ether oxygens (including phenoxy) is 3. The van der Waals surface area contributed by atoms with E-state index >= 15 is 0 Å². The Balaban J connectivity index is 1.73. The zero-order valence-electron chi connectivity index (χ0n) is 20.8. The van der Waals surface area contributed by atoms with Crippen molar-refractivity contribution in [1.82, 2.24) is 0 Å².